The molecule has 0 radical (unpaired) electrons. The summed E-state index contributed by atoms with van der Waals surface area (Å²) in [6, 6.07) is 9.99. The minimum absolute atomic E-state index is 0.743. The molecule has 0 aliphatic carbocycles. The molecule has 0 bridgehead atoms. The van der Waals surface area contributed by atoms with E-state index in [1.54, 1.807) is 7.11 Å². The fraction of sp³-hybridized carbons (Fsp3) is 0.214. The molecule has 0 fully saturated rings. The summed E-state index contributed by atoms with van der Waals surface area (Å²) in [6.07, 6.45) is 0. The van der Waals surface area contributed by atoms with Crippen LogP contribution in [0.2, 0.25) is 0 Å². The van der Waals surface area contributed by atoms with E-state index in [9.17, 15) is 0 Å². The van der Waals surface area contributed by atoms with Gasteiger partial charge in [0.25, 0.3) is 0 Å². The summed E-state index contributed by atoms with van der Waals surface area (Å²) in [6.45, 7) is 2.73. The summed E-state index contributed by atoms with van der Waals surface area (Å²) >= 11 is 6.84. The van der Waals surface area contributed by atoms with Gasteiger partial charge in [-0.2, -0.15) is 0 Å². The molecule has 0 saturated heterocycles. The number of nitrogens with zero attached hydrogens (tertiary/aromatic N) is 1. The lowest BCUT2D eigenvalue weighted by molar-refractivity contribution is 0.412. The highest BCUT2D eigenvalue weighted by molar-refractivity contribution is 9.10. The van der Waals surface area contributed by atoms with Gasteiger partial charge in [0, 0.05) is 6.54 Å². The number of anilines is 1. The number of pyridine rings is 1. The van der Waals surface area contributed by atoms with Crippen LogP contribution in [0, 0.1) is 6.92 Å². The van der Waals surface area contributed by atoms with Gasteiger partial charge < -0.3 is 10.1 Å². The Labute approximate surface area is 129 Å². The topological polar surface area (TPSA) is 34.1 Å². The second-order valence-corrected chi connectivity index (χ2v) is 5.76. The third-order valence-electron chi connectivity index (χ3n) is 2.75. The van der Waals surface area contributed by atoms with E-state index in [0.29, 0.717) is 0 Å². The van der Waals surface area contributed by atoms with Gasteiger partial charge in [0.05, 0.1) is 23.0 Å². The second-order valence-electron chi connectivity index (χ2n) is 4.09. The molecule has 0 spiro atoms. The van der Waals surface area contributed by atoms with E-state index < -0.39 is 0 Å². The Balaban J connectivity index is 2.08. The molecule has 2 aromatic rings. The average Bonchev–Trinajstić information content (AvgIpc) is 2.38. The first-order valence-electron chi connectivity index (χ1n) is 5.79. The van der Waals surface area contributed by atoms with Crippen molar-refractivity contribution in [2.24, 2.45) is 0 Å². The molecule has 1 aromatic heterocycles. The number of methoxy groups -OCH3 is 1. The number of rotatable bonds is 4. The molecular weight excluding hydrogens is 372 g/mol. The van der Waals surface area contributed by atoms with E-state index in [2.05, 4.69) is 42.2 Å². The second kappa shape index (κ2) is 6.39. The summed E-state index contributed by atoms with van der Waals surface area (Å²) in [5, 5.41) is 3.38. The molecule has 0 aliphatic heterocycles. The number of nitrogens with one attached hydrogen (secondary N) is 1. The van der Waals surface area contributed by atoms with Gasteiger partial charge in [-0.1, -0.05) is 6.07 Å². The third kappa shape index (κ3) is 3.70. The first-order chi connectivity index (χ1) is 9.10. The van der Waals surface area contributed by atoms with Gasteiger partial charge in [-0.05, 0) is 68.6 Å². The predicted octanol–water partition coefficient (Wildman–Crippen LogP) is 4.54. The quantitative estimate of drug-likeness (QED) is 0.784. The maximum Gasteiger partial charge on any atom is 0.133 e. The number of aromatic nitrogens is 1. The third-order valence-corrected chi connectivity index (χ3v) is 3.81. The van der Waals surface area contributed by atoms with Gasteiger partial charge in [0.2, 0.25) is 0 Å². The number of halogens is 2. The van der Waals surface area contributed by atoms with E-state index in [4.69, 9.17) is 4.74 Å². The fourth-order valence-corrected chi connectivity index (χ4v) is 2.72. The molecule has 0 atom stereocenters. The van der Waals surface area contributed by atoms with Crippen molar-refractivity contribution in [3.63, 3.8) is 0 Å². The number of hydrogen-bond acceptors (Lipinski definition) is 3. The summed E-state index contributed by atoms with van der Waals surface area (Å²) in [5.74, 6) is 0.838. The van der Waals surface area contributed by atoms with Crippen LogP contribution < -0.4 is 10.1 Å². The van der Waals surface area contributed by atoms with Crippen molar-refractivity contribution >= 4 is 37.5 Å². The van der Waals surface area contributed by atoms with E-state index in [-0.39, 0.29) is 0 Å². The average molecular weight is 386 g/mol. The van der Waals surface area contributed by atoms with Gasteiger partial charge in [0.15, 0.2) is 0 Å². The SMILES string of the molecule is COc1ccc(CNc2ccc(Br)nc2C)cc1Br. The lowest BCUT2D eigenvalue weighted by Crippen LogP contribution is -2.02. The van der Waals surface area contributed by atoms with Crippen LogP contribution in [0.25, 0.3) is 0 Å². The summed E-state index contributed by atoms with van der Waals surface area (Å²) in [5.41, 5.74) is 3.19. The van der Waals surface area contributed by atoms with Crippen molar-refractivity contribution in [1.82, 2.24) is 4.98 Å². The van der Waals surface area contributed by atoms with Crippen molar-refractivity contribution < 1.29 is 4.74 Å². The molecule has 0 saturated carbocycles. The zero-order valence-corrected chi connectivity index (χ0v) is 13.9. The van der Waals surface area contributed by atoms with Crippen molar-refractivity contribution in [3.05, 3.63) is 50.7 Å². The highest BCUT2D eigenvalue weighted by Gasteiger charge is 2.03. The molecular formula is C14H14Br2N2O. The van der Waals surface area contributed by atoms with Gasteiger partial charge in [-0.3, -0.25) is 0 Å². The van der Waals surface area contributed by atoms with E-state index >= 15 is 0 Å². The highest BCUT2D eigenvalue weighted by Crippen LogP contribution is 2.26. The number of aryl methyl sites for hydroxylation is 1. The first-order valence-corrected chi connectivity index (χ1v) is 7.38. The Morgan fingerprint density at radius 3 is 2.63 bits per heavy atom. The Morgan fingerprint density at radius 2 is 2.00 bits per heavy atom. The maximum atomic E-state index is 5.21. The molecule has 0 aliphatic rings. The summed E-state index contributed by atoms with van der Waals surface area (Å²) in [4.78, 5) is 4.36. The Bertz CT molecular complexity index is 588. The van der Waals surface area contributed by atoms with Crippen LogP contribution in [-0.4, -0.2) is 12.1 Å². The largest absolute Gasteiger partial charge is 0.496 e. The van der Waals surface area contributed by atoms with Crippen LogP contribution in [0.15, 0.2) is 39.4 Å². The van der Waals surface area contributed by atoms with Crippen LogP contribution in [0.5, 0.6) is 5.75 Å². The fourth-order valence-electron chi connectivity index (χ4n) is 1.73. The Morgan fingerprint density at radius 1 is 1.21 bits per heavy atom. The lowest BCUT2D eigenvalue weighted by atomic mass is 10.2. The smallest absolute Gasteiger partial charge is 0.133 e. The van der Waals surface area contributed by atoms with Gasteiger partial charge in [0.1, 0.15) is 10.4 Å². The number of benzene rings is 1. The minimum atomic E-state index is 0.743. The molecule has 3 nitrogen and oxygen atoms in total. The minimum Gasteiger partial charge on any atom is -0.496 e. The monoisotopic (exact) mass is 384 g/mol. The molecule has 2 rings (SSSR count). The van der Waals surface area contributed by atoms with E-state index in [1.807, 2.05) is 37.3 Å². The van der Waals surface area contributed by atoms with Crippen molar-refractivity contribution in [1.29, 1.82) is 0 Å². The van der Waals surface area contributed by atoms with Crippen molar-refractivity contribution in [2.75, 3.05) is 12.4 Å². The van der Waals surface area contributed by atoms with Gasteiger partial charge >= 0.3 is 0 Å². The summed E-state index contributed by atoms with van der Waals surface area (Å²) < 4.78 is 7.02. The van der Waals surface area contributed by atoms with Crippen LogP contribution in [0.3, 0.4) is 0 Å². The zero-order valence-electron chi connectivity index (χ0n) is 10.7. The van der Waals surface area contributed by atoms with Crippen LogP contribution in [-0.2, 0) is 6.54 Å². The lowest BCUT2D eigenvalue weighted by Gasteiger charge is -2.10. The van der Waals surface area contributed by atoms with Crippen LogP contribution in [0.1, 0.15) is 11.3 Å². The van der Waals surface area contributed by atoms with Crippen LogP contribution >= 0.6 is 31.9 Å². The predicted molar refractivity (Wildman–Crippen MR) is 84.7 cm³/mol. The van der Waals surface area contributed by atoms with E-state index in [1.165, 1.54) is 5.56 Å². The van der Waals surface area contributed by atoms with Gasteiger partial charge in [-0.25, -0.2) is 4.98 Å². The zero-order chi connectivity index (χ0) is 13.8. The highest BCUT2D eigenvalue weighted by atomic mass is 79.9. The molecule has 0 unspecified atom stereocenters. The first kappa shape index (κ1) is 14.3. The van der Waals surface area contributed by atoms with Crippen molar-refractivity contribution in [2.45, 2.75) is 13.5 Å². The molecule has 1 heterocycles. The molecule has 1 N–H and O–H groups in total. The standard InChI is InChI=1S/C14H14Br2N2O/c1-9-12(4-6-14(16)18-9)17-8-10-3-5-13(19-2)11(15)7-10/h3-7,17H,8H2,1-2H3. The molecule has 1 aromatic carbocycles. The van der Waals surface area contributed by atoms with E-state index in [0.717, 1.165) is 32.8 Å². The Kier molecular flexibility index (Phi) is 4.82. The Hall–Kier alpha value is -1.07. The summed E-state index contributed by atoms with van der Waals surface area (Å²) in [7, 11) is 1.66. The number of ether oxygens (including phenoxy) is 1. The normalized spacial score (nSPS) is 10.3. The number of hydrogen-bond donors (Lipinski definition) is 1. The molecule has 19 heavy (non-hydrogen) atoms. The maximum absolute atomic E-state index is 5.21. The molecule has 5 heteroatoms. The molecule has 0 amide bonds. The van der Waals surface area contributed by atoms with Gasteiger partial charge in [-0.15, -0.1) is 0 Å². The van der Waals surface area contributed by atoms with Crippen molar-refractivity contribution in [3.8, 4) is 5.75 Å². The van der Waals surface area contributed by atoms with Crippen LogP contribution in [0.4, 0.5) is 5.69 Å². The molecule has 100 valence electrons.